The largest absolute Gasteiger partial charge is 0.265 e. The van der Waals surface area contributed by atoms with E-state index in [0.29, 0.717) is 21.4 Å². The predicted octanol–water partition coefficient (Wildman–Crippen LogP) is 4.31. The first kappa shape index (κ1) is 12.1. The minimum absolute atomic E-state index is 0.460. The van der Waals surface area contributed by atoms with E-state index in [1.54, 1.807) is 23.7 Å². The van der Waals surface area contributed by atoms with Crippen LogP contribution in [0.15, 0.2) is 36.7 Å². The molecule has 0 saturated carbocycles. The maximum Gasteiger partial charge on any atom is 0.217 e. The lowest BCUT2D eigenvalue weighted by Gasteiger charge is -2.03. The molecule has 0 atom stereocenters. The molecule has 0 saturated heterocycles. The number of thiazole rings is 1. The van der Waals surface area contributed by atoms with Crippen molar-refractivity contribution in [2.45, 2.75) is 0 Å². The molecule has 0 radical (unpaired) electrons. The molecular formula is C13H6Cl2N4S. The standard InChI is InChI=1S/C13H6Cl2N4S/c14-7-5-16-6-8(15)11(7)12-17-18-13-19(12)9-3-1-2-4-10(9)20-13/h1-6H. The molecule has 0 spiro atoms. The van der Waals surface area contributed by atoms with E-state index in [1.165, 1.54) is 0 Å². The van der Waals surface area contributed by atoms with Gasteiger partial charge in [0.05, 0.1) is 25.8 Å². The van der Waals surface area contributed by atoms with Gasteiger partial charge in [0.25, 0.3) is 0 Å². The second-order valence-electron chi connectivity index (χ2n) is 4.19. The molecule has 4 rings (SSSR count). The minimum Gasteiger partial charge on any atom is -0.265 e. The van der Waals surface area contributed by atoms with Crippen LogP contribution in [0.25, 0.3) is 26.6 Å². The average molecular weight is 321 g/mol. The van der Waals surface area contributed by atoms with Gasteiger partial charge in [0.1, 0.15) is 0 Å². The summed E-state index contributed by atoms with van der Waals surface area (Å²) in [7, 11) is 0. The Balaban J connectivity index is 2.15. The van der Waals surface area contributed by atoms with E-state index in [2.05, 4.69) is 15.2 Å². The Morgan fingerprint density at radius 3 is 2.55 bits per heavy atom. The zero-order chi connectivity index (χ0) is 13.7. The smallest absolute Gasteiger partial charge is 0.217 e. The van der Waals surface area contributed by atoms with E-state index >= 15 is 0 Å². The first-order chi connectivity index (χ1) is 9.75. The topological polar surface area (TPSA) is 43.1 Å². The third-order valence-corrected chi connectivity index (χ3v) is 4.60. The van der Waals surface area contributed by atoms with E-state index in [-0.39, 0.29) is 0 Å². The summed E-state index contributed by atoms with van der Waals surface area (Å²) in [6.07, 6.45) is 3.11. The molecule has 98 valence electrons. The van der Waals surface area contributed by atoms with E-state index in [9.17, 15) is 0 Å². The minimum atomic E-state index is 0.460. The van der Waals surface area contributed by atoms with Crippen molar-refractivity contribution in [3.63, 3.8) is 0 Å². The van der Waals surface area contributed by atoms with E-state index in [1.807, 2.05) is 28.7 Å². The van der Waals surface area contributed by atoms with Crippen molar-refractivity contribution in [1.29, 1.82) is 0 Å². The summed E-state index contributed by atoms with van der Waals surface area (Å²) in [4.78, 5) is 4.78. The van der Waals surface area contributed by atoms with Crippen LogP contribution in [0, 0.1) is 0 Å². The molecule has 0 fully saturated rings. The van der Waals surface area contributed by atoms with Gasteiger partial charge in [0.15, 0.2) is 5.82 Å². The molecule has 20 heavy (non-hydrogen) atoms. The van der Waals surface area contributed by atoms with Crippen LogP contribution in [0.3, 0.4) is 0 Å². The predicted molar refractivity (Wildman–Crippen MR) is 81.6 cm³/mol. The monoisotopic (exact) mass is 320 g/mol. The highest BCUT2D eigenvalue weighted by atomic mass is 35.5. The fourth-order valence-corrected chi connectivity index (χ4v) is 3.67. The highest BCUT2D eigenvalue weighted by molar-refractivity contribution is 7.23. The molecule has 1 aromatic carbocycles. The number of rotatable bonds is 1. The Kier molecular flexibility index (Phi) is 2.66. The van der Waals surface area contributed by atoms with Gasteiger partial charge in [-0.15, -0.1) is 10.2 Å². The molecule has 0 bridgehead atoms. The van der Waals surface area contributed by atoms with Gasteiger partial charge in [-0.1, -0.05) is 46.7 Å². The molecule has 0 aliphatic rings. The number of fused-ring (bicyclic) bond motifs is 3. The van der Waals surface area contributed by atoms with Crippen molar-refractivity contribution in [1.82, 2.24) is 19.6 Å². The quantitative estimate of drug-likeness (QED) is 0.524. The number of benzene rings is 1. The van der Waals surface area contributed by atoms with Gasteiger partial charge in [-0.3, -0.25) is 9.38 Å². The fraction of sp³-hybridized carbons (Fsp3) is 0. The molecule has 4 aromatic rings. The number of hydrogen-bond acceptors (Lipinski definition) is 4. The SMILES string of the molecule is Clc1cncc(Cl)c1-c1nnc2sc3ccccc3n12. The van der Waals surface area contributed by atoms with Crippen LogP contribution in [0.4, 0.5) is 0 Å². The van der Waals surface area contributed by atoms with Crippen LogP contribution >= 0.6 is 34.5 Å². The Morgan fingerprint density at radius 1 is 1.00 bits per heavy atom. The molecule has 4 nitrogen and oxygen atoms in total. The zero-order valence-corrected chi connectivity index (χ0v) is 12.2. The van der Waals surface area contributed by atoms with Crippen molar-refractivity contribution < 1.29 is 0 Å². The van der Waals surface area contributed by atoms with Gasteiger partial charge in [-0.2, -0.15) is 0 Å². The van der Waals surface area contributed by atoms with Crippen LogP contribution in [0.1, 0.15) is 0 Å². The highest BCUT2D eigenvalue weighted by Gasteiger charge is 2.18. The van der Waals surface area contributed by atoms with Crippen molar-refractivity contribution >= 4 is 49.7 Å². The Bertz CT molecular complexity index is 924. The highest BCUT2D eigenvalue weighted by Crippen LogP contribution is 2.36. The molecule has 7 heteroatoms. The molecule has 3 aromatic heterocycles. The third-order valence-electron chi connectivity index (χ3n) is 3.02. The lowest BCUT2D eigenvalue weighted by atomic mass is 10.2. The number of pyridine rings is 1. The maximum absolute atomic E-state index is 6.21. The first-order valence-corrected chi connectivity index (χ1v) is 7.35. The third kappa shape index (κ3) is 1.64. The first-order valence-electron chi connectivity index (χ1n) is 5.78. The van der Waals surface area contributed by atoms with Crippen molar-refractivity contribution in [2.75, 3.05) is 0 Å². The Hall–Kier alpha value is -1.69. The summed E-state index contributed by atoms with van der Waals surface area (Å²) in [6.45, 7) is 0. The van der Waals surface area contributed by atoms with Crippen LogP contribution < -0.4 is 0 Å². The van der Waals surface area contributed by atoms with Crippen molar-refractivity contribution in [2.24, 2.45) is 0 Å². The normalized spacial score (nSPS) is 11.5. The number of hydrogen-bond donors (Lipinski definition) is 0. The van der Waals surface area contributed by atoms with Gasteiger partial charge in [0.2, 0.25) is 4.96 Å². The summed E-state index contributed by atoms with van der Waals surface area (Å²) >= 11 is 14.0. The van der Waals surface area contributed by atoms with Gasteiger partial charge in [-0.25, -0.2) is 0 Å². The van der Waals surface area contributed by atoms with Gasteiger partial charge >= 0.3 is 0 Å². The molecule has 0 amide bonds. The number of para-hydroxylation sites is 1. The Labute approximate surface area is 127 Å². The number of halogens is 2. The zero-order valence-electron chi connectivity index (χ0n) is 9.92. The molecule has 0 unspecified atom stereocenters. The van der Waals surface area contributed by atoms with Gasteiger partial charge < -0.3 is 0 Å². The van der Waals surface area contributed by atoms with Gasteiger partial charge in [-0.05, 0) is 12.1 Å². The summed E-state index contributed by atoms with van der Waals surface area (Å²) in [5, 5.41) is 9.35. The summed E-state index contributed by atoms with van der Waals surface area (Å²) in [5.41, 5.74) is 1.69. The average Bonchev–Trinajstić information content (AvgIpc) is 2.98. The van der Waals surface area contributed by atoms with Crippen LogP contribution in [-0.2, 0) is 0 Å². The summed E-state index contributed by atoms with van der Waals surface area (Å²) in [5.74, 6) is 0.634. The maximum atomic E-state index is 6.21. The van der Waals surface area contributed by atoms with Crippen LogP contribution in [-0.4, -0.2) is 19.6 Å². The second kappa shape index (κ2) is 4.41. The Morgan fingerprint density at radius 2 is 1.75 bits per heavy atom. The van der Waals surface area contributed by atoms with Gasteiger partial charge in [0, 0.05) is 12.4 Å². The second-order valence-corrected chi connectivity index (χ2v) is 6.01. The summed E-state index contributed by atoms with van der Waals surface area (Å²) < 4.78 is 3.10. The lowest BCUT2D eigenvalue weighted by molar-refractivity contribution is 1.11. The molecular weight excluding hydrogens is 315 g/mol. The van der Waals surface area contributed by atoms with E-state index in [0.717, 1.165) is 15.2 Å². The van der Waals surface area contributed by atoms with Crippen molar-refractivity contribution in [3.8, 4) is 11.4 Å². The molecule has 0 N–H and O–H groups in total. The lowest BCUT2D eigenvalue weighted by Crippen LogP contribution is -1.91. The molecule has 0 aliphatic heterocycles. The van der Waals surface area contributed by atoms with E-state index < -0.39 is 0 Å². The molecule has 3 heterocycles. The summed E-state index contributed by atoms with van der Waals surface area (Å²) in [6, 6.07) is 8.05. The van der Waals surface area contributed by atoms with Crippen LogP contribution in [0.2, 0.25) is 10.0 Å². The number of aromatic nitrogens is 4. The molecule has 0 aliphatic carbocycles. The number of nitrogens with zero attached hydrogens (tertiary/aromatic N) is 4. The van der Waals surface area contributed by atoms with E-state index in [4.69, 9.17) is 23.2 Å². The van der Waals surface area contributed by atoms with Crippen molar-refractivity contribution in [3.05, 3.63) is 46.7 Å². The van der Waals surface area contributed by atoms with Crippen LogP contribution in [0.5, 0.6) is 0 Å². The fourth-order valence-electron chi connectivity index (χ4n) is 2.17.